The number of carbonyl (C=O) groups is 1. The van der Waals surface area contributed by atoms with Crippen molar-refractivity contribution in [2.24, 2.45) is 0 Å². The number of hydrogen-bond donors (Lipinski definition) is 1. The molecule has 0 bridgehead atoms. The van der Waals surface area contributed by atoms with Gasteiger partial charge in [-0.15, -0.1) is 10.2 Å². The Bertz CT molecular complexity index is 927. The van der Waals surface area contributed by atoms with E-state index in [0.717, 1.165) is 43.0 Å². The molecule has 1 aliphatic rings. The van der Waals surface area contributed by atoms with Gasteiger partial charge in [-0.1, -0.05) is 0 Å². The van der Waals surface area contributed by atoms with Crippen LogP contribution in [0.1, 0.15) is 34.7 Å². The molecule has 0 saturated carbocycles. The number of aromatic nitrogens is 6. The fourth-order valence-corrected chi connectivity index (χ4v) is 2.95. The maximum absolute atomic E-state index is 12.4. The first kappa shape index (κ1) is 15.4. The first-order chi connectivity index (χ1) is 12.1. The van der Waals surface area contributed by atoms with Crippen molar-refractivity contribution in [2.75, 3.05) is 23.3 Å². The van der Waals surface area contributed by atoms with Crippen LogP contribution >= 0.6 is 0 Å². The van der Waals surface area contributed by atoms with Gasteiger partial charge >= 0.3 is 0 Å². The van der Waals surface area contributed by atoms with E-state index < -0.39 is 5.91 Å². The van der Waals surface area contributed by atoms with Crippen molar-refractivity contribution < 1.29 is 4.79 Å². The summed E-state index contributed by atoms with van der Waals surface area (Å²) in [6.07, 6.45) is 7.31. The van der Waals surface area contributed by atoms with Crippen LogP contribution < -0.4 is 10.2 Å². The lowest BCUT2D eigenvalue weighted by Crippen LogP contribution is -2.22. The predicted octanol–water partition coefficient (Wildman–Crippen LogP) is 1.38. The Morgan fingerprint density at radius 3 is 2.64 bits per heavy atom. The highest BCUT2D eigenvalue weighted by Crippen LogP contribution is 2.15. The van der Waals surface area contributed by atoms with Crippen LogP contribution in [-0.2, 0) is 0 Å². The van der Waals surface area contributed by atoms with Gasteiger partial charge in [0.25, 0.3) is 5.91 Å². The van der Waals surface area contributed by atoms with E-state index >= 15 is 0 Å². The number of fused-ring (bicyclic) bond motifs is 1. The number of amides is 1. The van der Waals surface area contributed by atoms with Gasteiger partial charge in [0, 0.05) is 19.3 Å². The molecule has 3 aromatic heterocycles. The normalized spacial score (nSPS) is 14.2. The lowest BCUT2D eigenvalue weighted by Gasteiger charge is -2.13. The first-order valence-corrected chi connectivity index (χ1v) is 8.19. The van der Waals surface area contributed by atoms with Gasteiger partial charge in [-0.25, -0.2) is 15.0 Å². The van der Waals surface area contributed by atoms with Crippen molar-refractivity contribution >= 4 is 23.3 Å². The minimum atomic E-state index is -0.393. The molecule has 25 heavy (non-hydrogen) atoms. The van der Waals surface area contributed by atoms with E-state index in [9.17, 15) is 4.79 Å². The van der Waals surface area contributed by atoms with Gasteiger partial charge in [-0.05, 0) is 26.7 Å². The number of hydrogen-bond acceptors (Lipinski definition) is 7. The van der Waals surface area contributed by atoms with E-state index in [0.29, 0.717) is 11.8 Å². The van der Waals surface area contributed by atoms with Crippen molar-refractivity contribution in [2.45, 2.75) is 26.7 Å². The average Bonchev–Trinajstić information content (AvgIpc) is 3.24. The van der Waals surface area contributed by atoms with Gasteiger partial charge in [0.1, 0.15) is 5.82 Å². The summed E-state index contributed by atoms with van der Waals surface area (Å²) < 4.78 is 1.84. The zero-order valence-corrected chi connectivity index (χ0v) is 14.1. The van der Waals surface area contributed by atoms with Gasteiger partial charge in [-0.2, -0.15) is 0 Å². The molecular formula is C16H18N8O. The van der Waals surface area contributed by atoms with E-state index in [1.807, 2.05) is 24.4 Å². The largest absolute Gasteiger partial charge is 0.340 e. The Kier molecular flexibility index (Phi) is 3.75. The summed E-state index contributed by atoms with van der Waals surface area (Å²) in [4.78, 5) is 27.4. The highest BCUT2D eigenvalue weighted by Gasteiger charge is 2.17. The molecule has 128 valence electrons. The van der Waals surface area contributed by atoms with E-state index in [4.69, 9.17) is 0 Å². The number of nitrogens with one attached hydrogen (secondary N) is 1. The molecular weight excluding hydrogens is 320 g/mol. The number of nitrogens with zero attached hydrogens (tertiary/aromatic N) is 7. The number of aryl methyl sites for hydroxylation is 2. The third-order valence-corrected chi connectivity index (χ3v) is 4.14. The van der Waals surface area contributed by atoms with Crippen LogP contribution in [0.15, 0.2) is 18.6 Å². The minimum absolute atomic E-state index is 0.157. The monoisotopic (exact) mass is 338 g/mol. The van der Waals surface area contributed by atoms with E-state index in [1.54, 1.807) is 6.20 Å². The summed E-state index contributed by atoms with van der Waals surface area (Å²) in [5, 5.41) is 10.8. The fourth-order valence-electron chi connectivity index (χ4n) is 2.95. The quantitative estimate of drug-likeness (QED) is 0.770. The number of imidazole rings is 1. The number of anilines is 2. The molecule has 1 fully saturated rings. The Balaban J connectivity index is 1.53. The van der Waals surface area contributed by atoms with Crippen LogP contribution in [0.4, 0.5) is 11.8 Å². The highest BCUT2D eigenvalue weighted by molar-refractivity contribution is 6.02. The molecule has 0 aromatic carbocycles. The zero-order valence-electron chi connectivity index (χ0n) is 14.1. The first-order valence-electron chi connectivity index (χ1n) is 8.19. The molecule has 0 unspecified atom stereocenters. The molecule has 0 aliphatic carbocycles. The molecule has 4 heterocycles. The van der Waals surface area contributed by atoms with Gasteiger partial charge in [0.15, 0.2) is 11.3 Å². The van der Waals surface area contributed by atoms with Crippen molar-refractivity contribution in [3.05, 3.63) is 35.7 Å². The van der Waals surface area contributed by atoms with E-state index in [1.165, 1.54) is 6.20 Å². The van der Waals surface area contributed by atoms with Crippen molar-refractivity contribution in [3.8, 4) is 0 Å². The summed E-state index contributed by atoms with van der Waals surface area (Å²) >= 11 is 0. The molecule has 0 radical (unpaired) electrons. The summed E-state index contributed by atoms with van der Waals surface area (Å²) in [6.45, 7) is 5.62. The van der Waals surface area contributed by atoms with Gasteiger partial charge in [0.2, 0.25) is 5.95 Å². The molecule has 1 N–H and O–H groups in total. The molecule has 0 atom stereocenters. The van der Waals surface area contributed by atoms with Crippen LogP contribution in [0, 0.1) is 13.8 Å². The highest BCUT2D eigenvalue weighted by atomic mass is 16.2. The van der Waals surface area contributed by atoms with Crippen molar-refractivity contribution in [1.29, 1.82) is 0 Å². The molecule has 4 rings (SSSR count). The average molecular weight is 338 g/mol. The van der Waals surface area contributed by atoms with Crippen LogP contribution in [-0.4, -0.2) is 48.5 Å². The van der Waals surface area contributed by atoms with Crippen LogP contribution in [0.5, 0.6) is 0 Å². The minimum Gasteiger partial charge on any atom is -0.340 e. The van der Waals surface area contributed by atoms with Crippen molar-refractivity contribution in [1.82, 2.24) is 29.5 Å². The van der Waals surface area contributed by atoms with E-state index in [-0.39, 0.29) is 5.69 Å². The summed E-state index contributed by atoms with van der Waals surface area (Å²) in [7, 11) is 0. The molecule has 1 saturated heterocycles. The molecule has 1 aliphatic heterocycles. The summed E-state index contributed by atoms with van der Waals surface area (Å²) in [5.41, 5.74) is 2.55. The maximum Gasteiger partial charge on any atom is 0.278 e. The predicted molar refractivity (Wildman–Crippen MR) is 91.7 cm³/mol. The second-order valence-electron chi connectivity index (χ2n) is 6.12. The second-order valence-corrected chi connectivity index (χ2v) is 6.12. The number of carbonyl (C=O) groups excluding carboxylic acids is 1. The van der Waals surface area contributed by atoms with Gasteiger partial charge in [0.05, 0.1) is 23.8 Å². The third-order valence-electron chi connectivity index (χ3n) is 4.14. The van der Waals surface area contributed by atoms with Gasteiger partial charge in [-0.3, -0.25) is 4.79 Å². The zero-order chi connectivity index (χ0) is 17.4. The molecule has 0 spiro atoms. The van der Waals surface area contributed by atoms with Crippen molar-refractivity contribution in [3.63, 3.8) is 0 Å². The van der Waals surface area contributed by atoms with Crippen LogP contribution in [0.3, 0.4) is 0 Å². The second kappa shape index (κ2) is 6.08. The Labute approximate surface area is 144 Å². The fraction of sp³-hybridized carbons (Fsp3) is 0.375. The Morgan fingerprint density at radius 2 is 1.92 bits per heavy atom. The standard InChI is InChI=1S/C16H18N8O/c1-10-8-24-9-13(19-11(2)14(24)18-10)20-15(25)12-7-17-16(22-21-12)23-5-3-4-6-23/h7-9H,3-6H2,1-2H3,(H,20,25). The maximum atomic E-state index is 12.4. The van der Waals surface area contributed by atoms with Gasteiger partial charge < -0.3 is 14.6 Å². The van der Waals surface area contributed by atoms with Crippen LogP contribution in [0.25, 0.3) is 5.65 Å². The Morgan fingerprint density at radius 1 is 1.12 bits per heavy atom. The SMILES string of the molecule is Cc1cn2cc(NC(=O)c3cnc(N4CCCC4)nn3)nc(C)c2n1. The lowest BCUT2D eigenvalue weighted by atomic mass is 10.4. The lowest BCUT2D eigenvalue weighted by molar-refractivity contribution is 0.102. The molecule has 1 amide bonds. The number of rotatable bonds is 3. The Hall–Kier alpha value is -3.10. The third kappa shape index (κ3) is 3.00. The molecule has 9 nitrogen and oxygen atoms in total. The van der Waals surface area contributed by atoms with Crippen LogP contribution in [0.2, 0.25) is 0 Å². The van der Waals surface area contributed by atoms with E-state index in [2.05, 4.69) is 35.4 Å². The molecule has 3 aromatic rings. The summed E-state index contributed by atoms with van der Waals surface area (Å²) in [5.74, 6) is 0.604. The summed E-state index contributed by atoms with van der Waals surface area (Å²) in [6, 6.07) is 0. The smallest absolute Gasteiger partial charge is 0.278 e. The molecule has 9 heteroatoms. The topological polar surface area (TPSA) is 101 Å².